The number of hydrogen-bond donors (Lipinski definition) is 1. The van der Waals surface area contributed by atoms with Crippen molar-refractivity contribution < 1.29 is 4.42 Å². The van der Waals surface area contributed by atoms with Crippen molar-refractivity contribution in [2.24, 2.45) is 0 Å². The molecule has 0 fully saturated rings. The Morgan fingerprint density at radius 1 is 1.53 bits per heavy atom. The Bertz CT molecular complexity index is 420. The van der Waals surface area contributed by atoms with Gasteiger partial charge in [0.1, 0.15) is 5.69 Å². The van der Waals surface area contributed by atoms with Gasteiger partial charge in [-0.15, -0.1) is 11.3 Å². The smallest absolute Gasteiger partial charge is 0.183 e. The first-order valence-corrected chi connectivity index (χ1v) is 5.88. The van der Waals surface area contributed by atoms with Crippen LogP contribution in [0, 0.1) is 6.92 Å². The summed E-state index contributed by atoms with van der Waals surface area (Å²) in [5.74, 6) is 0.841. The maximum absolute atomic E-state index is 5.33. The first-order chi connectivity index (χ1) is 7.31. The standard InChI is InChI=1S/C11H14N2OS/c1-3-6-12-11-13-10(8(2)15-11)9-5-4-7-14-9/h4-5,7H,3,6H2,1-2H3,(H,12,13). The normalized spacial score (nSPS) is 10.5. The highest BCUT2D eigenvalue weighted by Gasteiger charge is 2.11. The molecule has 0 bridgehead atoms. The molecule has 0 spiro atoms. The van der Waals surface area contributed by atoms with Crippen LogP contribution in [0.25, 0.3) is 11.5 Å². The number of hydrogen-bond acceptors (Lipinski definition) is 4. The maximum atomic E-state index is 5.33. The minimum Gasteiger partial charge on any atom is -0.463 e. The molecule has 0 saturated carbocycles. The number of nitrogens with zero attached hydrogens (tertiary/aromatic N) is 1. The molecular formula is C11H14N2OS. The van der Waals surface area contributed by atoms with Crippen molar-refractivity contribution in [1.29, 1.82) is 0 Å². The Labute approximate surface area is 93.2 Å². The van der Waals surface area contributed by atoms with E-state index in [1.807, 2.05) is 12.1 Å². The van der Waals surface area contributed by atoms with E-state index in [4.69, 9.17) is 4.42 Å². The van der Waals surface area contributed by atoms with Gasteiger partial charge in [0.05, 0.1) is 6.26 Å². The molecule has 1 N–H and O–H groups in total. The molecule has 2 aromatic heterocycles. The van der Waals surface area contributed by atoms with Crippen LogP contribution in [0.4, 0.5) is 5.13 Å². The SMILES string of the molecule is CCCNc1nc(-c2ccco2)c(C)s1. The van der Waals surface area contributed by atoms with Crippen LogP contribution in [0.1, 0.15) is 18.2 Å². The minimum absolute atomic E-state index is 0.841. The molecule has 0 unspecified atom stereocenters. The highest BCUT2D eigenvalue weighted by atomic mass is 32.1. The van der Waals surface area contributed by atoms with E-state index in [0.717, 1.165) is 29.6 Å². The molecule has 0 aliphatic rings. The largest absolute Gasteiger partial charge is 0.463 e. The molecule has 2 rings (SSSR count). The fraction of sp³-hybridized carbons (Fsp3) is 0.364. The molecule has 0 radical (unpaired) electrons. The van der Waals surface area contributed by atoms with Crippen molar-refractivity contribution >= 4 is 16.5 Å². The predicted octanol–water partition coefficient (Wildman–Crippen LogP) is 3.53. The van der Waals surface area contributed by atoms with Gasteiger partial charge in [0.15, 0.2) is 10.9 Å². The molecule has 0 amide bonds. The highest BCUT2D eigenvalue weighted by Crippen LogP contribution is 2.30. The van der Waals surface area contributed by atoms with Gasteiger partial charge in [0.2, 0.25) is 0 Å². The summed E-state index contributed by atoms with van der Waals surface area (Å²) in [5.41, 5.74) is 0.948. The number of nitrogens with one attached hydrogen (secondary N) is 1. The lowest BCUT2D eigenvalue weighted by molar-refractivity contribution is 0.580. The summed E-state index contributed by atoms with van der Waals surface area (Å²) in [6, 6.07) is 3.82. The highest BCUT2D eigenvalue weighted by molar-refractivity contribution is 7.15. The zero-order chi connectivity index (χ0) is 10.7. The summed E-state index contributed by atoms with van der Waals surface area (Å²) in [5, 5.41) is 4.26. The second-order valence-electron chi connectivity index (χ2n) is 3.33. The molecule has 0 saturated heterocycles. The first kappa shape index (κ1) is 10.2. The van der Waals surface area contributed by atoms with Crippen molar-refractivity contribution in [1.82, 2.24) is 4.98 Å². The van der Waals surface area contributed by atoms with Crippen LogP contribution in [-0.4, -0.2) is 11.5 Å². The van der Waals surface area contributed by atoms with E-state index >= 15 is 0 Å². The Balaban J connectivity index is 2.22. The lowest BCUT2D eigenvalue weighted by atomic mass is 10.3. The average Bonchev–Trinajstić information content (AvgIpc) is 2.83. The topological polar surface area (TPSA) is 38.1 Å². The maximum Gasteiger partial charge on any atom is 0.183 e. The number of aromatic nitrogens is 1. The second-order valence-corrected chi connectivity index (χ2v) is 4.53. The minimum atomic E-state index is 0.841. The summed E-state index contributed by atoms with van der Waals surface area (Å²) in [6.07, 6.45) is 2.78. The summed E-state index contributed by atoms with van der Waals surface area (Å²) < 4.78 is 5.33. The van der Waals surface area contributed by atoms with Crippen molar-refractivity contribution in [2.45, 2.75) is 20.3 Å². The van der Waals surface area contributed by atoms with E-state index in [0.29, 0.717) is 0 Å². The van der Waals surface area contributed by atoms with E-state index in [1.165, 1.54) is 4.88 Å². The molecule has 80 valence electrons. The molecule has 0 aliphatic heterocycles. The average molecular weight is 222 g/mol. The number of anilines is 1. The van der Waals surface area contributed by atoms with E-state index in [9.17, 15) is 0 Å². The van der Waals surface area contributed by atoms with Crippen molar-refractivity contribution in [2.75, 3.05) is 11.9 Å². The lowest BCUT2D eigenvalue weighted by Gasteiger charge is -1.96. The van der Waals surface area contributed by atoms with Crippen molar-refractivity contribution in [3.63, 3.8) is 0 Å². The van der Waals surface area contributed by atoms with E-state index in [-0.39, 0.29) is 0 Å². The Morgan fingerprint density at radius 3 is 3.07 bits per heavy atom. The van der Waals surface area contributed by atoms with Crippen LogP contribution in [0.15, 0.2) is 22.8 Å². The summed E-state index contributed by atoms with van der Waals surface area (Å²) >= 11 is 1.67. The monoisotopic (exact) mass is 222 g/mol. The zero-order valence-electron chi connectivity index (χ0n) is 8.91. The van der Waals surface area contributed by atoms with Gasteiger partial charge in [-0.1, -0.05) is 6.92 Å². The van der Waals surface area contributed by atoms with Gasteiger partial charge < -0.3 is 9.73 Å². The number of thiazole rings is 1. The Hall–Kier alpha value is -1.29. The summed E-state index contributed by atoms with van der Waals surface area (Å²) in [6.45, 7) is 5.16. The van der Waals surface area contributed by atoms with Crippen LogP contribution in [0.2, 0.25) is 0 Å². The first-order valence-electron chi connectivity index (χ1n) is 5.06. The van der Waals surface area contributed by atoms with Gasteiger partial charge in [-0.25, -0.2) is 4.98 Å². The molecule has 0 aromatic carbocycles. The van der Waals surface area contributed by atoms with E-state index in [1.54, 1.807) is 17.6 Å². The zero-order valence-corrected chi connectivity index (χ0v) is 9.73. The van der Waals surface area contributed by atoms with Crippen LogP contribution >= 0.6 is 11.3 Å². The molecule has 15 heavy (non-hydrogen) atoms. The molecule has 0 atom stereocenters. The van der Waals surface area contributed by atoms with Gasteiger partial charge in [-0.3, -0.25) is 0 Å². The van der Waals surface area contributed by atoms with Gasteiger partial charge in [-0.2, -0.15) is 0 Å². The number of rotatable bonds is 4. The van der Waals surface area contributed by atoms with Gasteiger partial charge in [0, 0.05) is 11.4 Å². The van der Waals surface area contributed by atoms with Gasteiger partial charge in [0.25, 0.3) is 0 Å². The van der Waals surface area contributed by atoms with E-state index in [2.05, 4.69) is 24.1 Å². The van der Waals surface area contributed by atoms with Gasteiger partial charge >= 0.3 is 0 Å². The molecule has 3 nitrogen and oxygen atoms in total. The third kappa shape index (κ3) is 2.21. The summed E-state index contributed by atoms with van der Waals surface area (Å²) in [4.78, 5) is 5.69. The predicted molar refractivity (Wildman–Crippen MR) is 63.3 cm³/mol. The lowest BCUT2D eigenvalue weighted by Crippen LogP contribution is -1.98. The fourth-order valence-electron chi connectivity index (χ4n) is 1.35. The quantitative estimate of drug-likeness (QED) is 0.860. The van der Waals surface area contributed by atoms with Crippen LogP contribution < -0.4 is 5.32 Å². The third-order valence-corrected chi connectivity index (χ3v) is 3.01. The molecule has 0 aliphatic carbocycles. The molecular weight excluding hydrogens is 208 g/mol. The number of furan rings is 1. The van der Waals surface area contributed by atoms with Crippen LogP contribution in [-0.2, 0) is 0 Å². The van der Waals surface area contributed by atoms with Crippen LogP contribution in [0.5, 0.6) is 0 Å². The molecule has 4 heteroatoms. The molecule has 2 aromatic rings. The Kier molecular flexibility index (Phi) is 3.06. The fourth-order valence-corrected chi connectivity index (χ4v) is 2.19. The van der Waals surface area contributed by atoms with E-state index < -0.39 is 0 Å². The molecule has 2 heterocycles. The second kappa shape index (κ2) is 4.49. The van der Waals surface area contributed by atoms with Crippen LogP contribution in [0.3, 0.4) is 0 Å². The third-order valence-electron chi connectivity index (χ3n) is 2.08. The Morgan fingerprint density at radius 2 is 2.40 bits per heavy atom. The number of aryl methyl sites for hydroxylation is 1. The summed E-state index contributed by atoms with van der Waals surface area (Å²) in [7, 11) is 0. The van der Waals surface area contributed by atoms with Gasteiger partial charge in [-0.05, 0) is 25.5 Å². The van der Waals surface area contributed by atoms with Crippen molar-refractivity contribution in [3.8, 4) is 11.5 Å². The van der Waals surface area contributed by atoms with Crippen molar-refractivity contribution in [3.05, 3.63) is 23.3 Å².